The minimum Gasteiger partial charge on any atom is -0.463 e. The summed E-state index contributed by atoms with van der Waals surface area (Å²) in [5, 5.41) is 12.7. The fourth-order valence-corrected chi connectivity index (χ4v) is 6.60. The molecule has 0 bridgehead atoms. The summed E-state index contributed by atoms with van der Waals surface area (Å²) in [4.78, 5) is 33.8. The smallest absolute Gasteiger partial charge is 0.463 e. The number of esters is 1. The monoisotopic (exact) mass is 758 g/mol. The second-order valence-electron chi connectivity index (χ2n) is 14.3. The number of ether oxygens (including phenoxy) is 1. The molecule has 0 aromatic rings. The van der Waals surface area contributed by atoms with Crippen molar-refractivity contribution in [3.05, 3.63) is 24.3 Å². The Labute approximate surface area is 319 Å². The third-order valence-corrected chi connectivity index (χ3v) is 10.1. The zero-order chi connectivity index (χ0) is 38.2. The van der Waals surface area contributed by atoms with Crippen molar-refractivity contribution in [3.63, 3.8) is 0 Å². The standard InChI is InChI=1S/C42H80NO8P/c1-3-5-7-9-11-13-15-17-19-20-21-23-25-27-29-31-33-35-42(46)49-38-40(44)39-51-52(47,48)50-37-36-43-41(45)34-32-30-28-26-24-22-18-16-14-12-10-8-6-4-2/h16-19,40,44H,3-15,20-39H2,1-2H3,(H,43,45)(H,47,48)/b18-16-,19-17-. The van der Waals surface area contributed by atoms with E-state index >= 15 is 0 Å². The van der Waals surface area contributed by atoms with Crippen LogP contribution < -0.4 is 5.32 Å². The van der Waals surface area contributed by atoms with Crippen LogP contribution in [-0.2, 0) is 27.9 Å². The number of aliphatic hydroxyl groups excluding tert-OH is 1. The van der Waals surface area contributed by atoms with E-state index in [0.29, 0.717) is 6.42 Å². The molecule has 0 aliphatic heterocycles. The molecule has 0 aliphatic carbocycles. The summed E-state index contributed by atoms with van der Waals surface area (Å²) >= 11 is 0. The number of allylic oxidation sites excluding steroid dienone is 4. The molecule has 9 nitrogen and oxygen atoms in total. The average Bonchev–Trinajstić information content (AvgIpc) is 3.13. The number of phosphoric ester groups is 1. The van der Waals surface area contributed by atoms with Crippen LogP contribution in [0.25, 0.3) is 0 Å². The van der Waals surface area contributed by atoms with Crippen LogP contribution in [0.1, 0.15) is 200 Å². The van der Waals surface area contributed by atoms with Gasteiger partial charge in [0.1, 0.15) is 12.7 Å². The summed E-state index contributed by atoms with van der Waals surface area (Å²) < 4.78 is 26.8. The number of rotatable bonds is 40. The van der Waals surface area contributed by atoms with Gasteiger partial charge in [-0.05, 0) is 64.2 Å². The Morgan fingerprint density at radius 2 is 0.981 bits per heavy atom. The molecule has 0 spiro atoms. The predicted molar refractivity (Wildman–Crippen MR) is 215 cm³/mol. The Hall–Kier alpha value is -1.51. The van der Waals surface area contributed by atoms with E-state index in [2.05, 4.69) is 43.5 Å². The third-order valence-electron chi connectivity index (χ3n) is 9.10. The first-order chi connectivity index (χ1) is 25.3. The lowest BCUT2D eigenvalue weighted by atomic mass is 10.1. The predicted octanol–water partition coefficient (Wildman–Crippen LogP) is 11.6. The van der Waals surface area contributed by atoms with E-state index < -0.39 is 26.5 Å². The Kier molecular flexibility index (Phi) is 38.1. The highest BCUT2D eigenvalue weighted by Crippen LogP contribution is 2.42. The van der Waals surface area contributed by atoms with Crippen LogP contribution in [0, 0.1) is 0 Å². The highest BCUT2D eigenvalue weighted by atomic mass is 31.2. The molecule has 3 N–H and O–H groups in total. The Morgan fingerprint density at radius 3 is 1.44 bits per heavy atom. The van der Waals surface area contributed by atoms with E-state index in [0.717, 1.165) is 51.4 Å². The number of phosphoric acid groups is 1. The summed E-state index contributed by atoms with van der Waals surface area (Å²) in [7, 11) is -4.41. The normalized spacial score (nSPS) is 13.5. The molecular weight excluding hydrogens is 677 g/mol. The highest BCUT2D eigenvalue weighted by molar-refractivity contribution is 7.47. The molecule has 0 rings (SSSR count). The topological polar surface area (TPSA) is 131 Å². The van der Waals surface area contributed by atoms with Crippen molar-refractivity contribution in [1.29, 1.82) is 0 Å². The lowest BCUT2D eigenvalue weighted by molar-refractivity contribution is -0.147. The van der Waals surface area contributed by atoms with Crippen LogP contribution in [0.3, 0.4) is 0 Å². The van der Waals surface area contributed by atoms with Gasteiger partial charge in [-0.1, -0.05) is 147 Å². The van der Waals surface area contributed by atoms with Crippen molar-refractivity contribution in [2.75, 3.05) is 26.4 Å². The molecule has 0 heterocycles. The lowest BCUT2D eigenvalue weighted by Gasteiger charge is -2.15. The molecule has 10 heteroatoms. The summed E-state index contributed by atoms with van der Waals surface area (Å²) in [6.07, 6.45) is 41.0. The molecule has 0 aromatic carbocycles. The van der Waals surface area contributed by atoms with Crippen molar-refractivity contribution >= 4 is 19.7 Å². The number of carbonyl (C=O) groups excluding carboxylic acids is 2. The fraction of sp³-hybridized carbons (Fsp3) is 0.857. The lowest BCUT2D eigenvalue weighted by Crippen LogP contribution is -2.27. The zero-order valence-corrected chi connectivity index (χ0v) is 34.4. The Morgan fingerprint density at radius 1 is 0.577 bits per heavy atom. The van der Waals surface area contributed by atoms with Gasteiger partial charge in [-0.25, -0.2) is 4.57 Å². The van der Waals surface area contributed by atoms with Crippen LogP contribution in [0.15, 0.2) is 24.3 Å². The van der Waals surface area contributed by atoms with Crippen molar-refractivity contribution in [2.45, 2.75) is 206 Å². The number of hydrogen-bond acceptors (Lipinski definition) is 7. The number of carbonyl (C=O) groups is 2. The number of unbranched alkanes of at least 4 members (excludes halogenated alkanes) is 23. The van der Waals surface area contributed by atoms with Gasteiger partial charge in [0.25, 0.3) is 0 Å². The zero-order valence-electron chi connectivity index (χ0n) is 33.5. The van der Waals surface area contributed by atoms with Crippen molar-refractivity contribution in [3.8, 4) is 0 Å². The van der Waals surface area contributed by atoms with Crippen LogP contribution in [0.4, 0.5) is 0 Å². The Balaban J connectivity index is 3.61. The van der Waals surface area contributed by atoms with E-state index in [9.17, 15) is 24.2 Å². The molecule has 52 heavy (non-hydrogen) atoms. The van der Waals surface area contributed by atoms with Gasteiger partial charge in [0.2, 0.25) is 5.91 Å². The highest BCUT2D eigenvalue weighted by Gasteiger charge is 2.23. The second kappa shape index (κ2) is 39.2. The minimum absolute atomic E-state index is 0.0782. The van der Waals surface area contributed by atoms with Crippen LogP contribution in [0.2, 0.25) is 0 Å². The maximum absolute atomic E-state index is 12.1. The van der Waals surface area contributed by atoms with Crippen molar-refractivity contribution < 1.29 is 37.9 Å². The number of hydrogen-bond donors (Lipinski definition) is 3. The molecule has 306 valence electrons. The third kappa shape index (κ3) is 39.7. The molecule has 2 unspecified atom stereocenters. The molecule has 0 aliphatic rings. The quantitative estimate of drug-likeness (QED) is 0.0244. The van der Waals surface area contributed by atoms with Gasteiger partial charge in [0.05, 0.1) is 13.2 Å². The Bertz CT molecular complexity index is 912. The first kappa shape index (κ1) is 50.5. The largest absolute Gasteiger partial charge is 0.472 e. The summed E-state index contributed by atoms with van der Waals surface area (Å²) in [6, 6.07) is 0. The summed E-state index contributed by atoms with van der Waals surface area (Å²) in [6.45, 7) is 3.53. The van der Waals surface area contributed by atoms with Gasteiger partial charge in [-0.3, -0.25) is 18.6 Å². The second-order valence-corrected chi connectivity index (χ2v) is 15.8. The maximum atomic E-state index is 12.1. The summed E-state index contributed by atoms with van der Waals surface area (Å²) in [5.74, 6) is -0.526. The van der Waals surface area contributed by atoms with E-state index in [4.69, 9.17) is 13.8 Å². The van der Waals surface area contributed by atoms with Crippen LogP contribution >= 0.6 is 7.82 Å². The van der Waals surface area contributed by atoms with E-state index in [1.807, 2.05) is 0 Å². The van der Waals surface area contributed by atoms with Gasteiger partial charge in [0, 0.05) is 19.4 Å². The molecule has 0 saturated carbocycles. The summed E-state index contributed by atoms with van der Waals surface area (Å²) in [5.41, 5.74) is 0. The van der Waals surface area contributed by atoms with Gasteiger partial charge < -0.3 is 20.1 Å². The number of aliphatic hydroxyl groups is 1. The molecule has 0 aromatic heterocycles. The minimum atomic E-state index is -4.41. The van der Waals surface area contributed by atoms with Gasteiger partial charge in [-0.2, -0.15) is 0 Å². The van der Waals surface area contributed by atoms with Crippen molar-refractivity contribution in [1.82, 2.24) is 5.32 Å². The molecule has 0 fully saturated rings. The molecule has 0 radical (unpaired) electrons. The first-order valence-electron chi connectivity index (χ1n) is 21.3. The number of nitrogens with one attached hydrogen (secondary N) is 1. The van der Waals surface area contributed by atoms with Gasteiger partial charge >= 0.3 is 13.8 Å². The van der Waals surface area contributed by atoms with Gasteiger partial charge in [0.15, 0.2) is 0 Å². The van der Waals surface area contributed by atoms with Crippen LogP contribution in [-0.4, -0.2) is 54.3 Å². The SMILES string of the molecule is CCCCCCC/C=C\CCCCCCCC(=O)NCCOP(=O)(O)OCC(O)COC(=O)CCCCCCCCC/C=C\CCCCCCCC. The van der Waals surface area contributed by atoms with E-state index in [-0.39, 0.29) is 32.1 Å². The van der Waals surface area contributed by atoms with Gasteiger partial charge in [-0.15, -0.1) is 0 Å². The fourth-order valence-electron chi connectivity index (χ4n) is 5.84. The van der Waals surface area contributed by atoms with E-state index in [1.165, 1.54) is 122 Å². The molecular formula is C42H80NO8P. The number of amides is 1. The van der Waals surface area contributed by atoms with Crippen LogP contribution in [0.5, 0.6) is 0 Å². The van der Waals surface area contributed by atoms with E-state index in [1.54, 1.807) is 0 Å². The van der Waals surface area contributed by atoms with Crippen molar-refractivity contribution in [2.24, 2.45) is 0 Å². The molecule has 1 amide bonds. The first-order valence-corrected chi connectivity index (χ1v) is 22.8. The maximum Gasteiger partial charge on any atom is 0.472 e. The average molecular weight is 758 g/mol. The molecule has 0 saturated heterocycles. The molecule has 2 atom stereocenters.